The molecule has 1 fully saturated rings. The molecule has 1 heterocycles. The molecular weight excluding hydrogens is 331 g/mol. The number of carbonyl (C=O) groups excluding carboxylic acids is 2. The topological polar surface area (TPSA) is 49.4 Å². The summed E-state index contributed by atoms with van der Waals surface area (Å²) < 4.78 is 13.8. The van der Waals surface area contributed by atoms with Gasteiger partial charge >= 0.3 is 0 Å². The number of anilines is 1. The van der Waals surface area contributed by atoms with Crippen LogP contribution in [0, 0.1) is 5.82 Å². The van der Waals surface area contributed by atoms with Gasteiger partial charge in [0.15, 0.2) is 5.82 Å². The monoisotopic (exact) mass is 346 g/mol. The zero-order valence-electron chi connectivity index (χ0n) is 12.9. The van der Waals surface area contributed by atoms with Crippen LogP contribution in [0.4, 0.5) is 10.1 Å². The van der Waals surface area contributed by atoms with Crippen LogP contribution in [0.3, 0.4) is 0 Å². The Labute approximate surface area is 144 Å². The number of halogens is 2. The van der Waals surface area contributed by atoms with Crippen molar-refractivity contribution in [2.24, 2.45) is 0 Å². The van der Waals surface area contributed by atoms with Crippen LogP contribution in [0.1, 0.15) is 28.8 Å². The van der Waals surface area contributed by atoms with Gasteiger partial charge in [0, 0.05) is 25.1 Å². The van der Waals surface area contributed by atoms with E-state index in [2.05, 4.69) is 5.32 Å². The van der Waals surface area contributed by atoms with Crippen LogP contribution in [-0.2, 0) is 11.3 Å². The molecule has 0 spiro atoms. The van der Waals surface area contributed by atoms with Crippen LogP contribution < -0.4 is 5.32 Å². The van der Waals surface area contributed by atoms with Gasteiger partial charge in [-0.2, -0.15) is 0 Å². The Morgan fingerprint density at radius 1 is 1.21 bits per heavy atom. The molecule has 2 amide bonds. The summed E-state index contributed by atoms with van der Waals surface area (Å²) in [5.41, 5.74) is 1.40. The summed E-state index contributed by atoms with van der Waals surface area (Å²) >= 11 is 5.70. The van der Waals surface area contributed by atoms with E-state index in [9.17, 15) is 14.0 Å². The van der Waals surface area contributed by atoms with Crippen molar-refractivity contribution >= 4 is 29.1 Å². The lowest BCUT2D eigenvalue weighted by atomic mass is 10.1. The van der Waals surface area contributed by atoms with E-state index in [-0.39, 0.29) is 16.6 Å². The van der Waals surface area contributed by atoms with Crippen molar-refractivity contribution in [1.82, 2.24) is 4.90 Å². The second-order valence-electron chi connectivity index (χ2n) is 5.67. The normalized spacial score (nSPS) is 14.1. The molecule has 0 unspecified atom stereocenters. The van der Waals surface area contributed by atoms with Crippen molar-refractivity contribution in [1.29, 1.82) is 0 Å². The molecule has 0 atom stereocenters. The third kappa shape index (κ3) is 3.57. The predicted molar refractivity (Wildman–Crippen MR) is 90.5 cm³/mol. The molecule has 1 aliphatic rings. The fourth-order valence-electron chi connectivity index (χ4n) is 2.65. The van der Waals surface area contributed by atoms with Gasteiger partial charge in [-0.15, -0.1) is 0 Å². The van der Waals surface area contributed by atoms with Gasteiger partial charge in [0.1, 0.15) is 0 Å². The van der Waals surface area contributed by atoms with Crippen molar-refractivity contribution in [3.05, 3.63) is 64.4 Å². The van der Waals surface area contributed by atoms with Gasteiger partial charge in [0.25, 0.3) is 5.91 Å². The molecule has 0 bridgehead atoms. The van der Waals surface area contributed by atoms with Crippen LogP contribution in [0.2, 0.25) is 5.02 Å². The zero-order valence-corrected chi connectivity index (χ0v) is 13.6. The van der Waals surface area contributed by atoms with Gasteiger partial charge in [-0.1, -0.05) is 29.8 Å². The Balaban J connectivity index is 1.67. The second kappa shape index (κ2) is 7.01. The highest BCUT2D eigenvalue weighted by molar-refractivity contribution is 6.31. The van der Waals surface area contributed by atoms with Crippen LogP contribution in [0.15, 0.2) is 42.5 Å². The van der Waals surface area contributed by atoms with E-state index in [0.29, 0.717) is 18.5 Å². The number of rotatable bonds is 4. The van der Waals surface area contributed by atoms with Gasteiger partial charge in [-0.3, -0.25) is 9.59 Å². The fourth-order valence-corrected chi connectivity index (χ4v) is 2.82. The summed E-state index contributed by atoms with van der Waals surface area (Å²) in [4.78, 5) is 25.6. The number of nitrogens with one attached hydrogen (secondary N) is 1. The second-order valence-corrected chi connectivity index (χ2v) is 6.08. The lowest BCUT2D eigenvalue weighted by Crippen LogP contribution is -2.23. The molecule has 0 saturated carbocycles. The molecule has 0 radical (unpaired) electrons. The Morgan fingerprint density at radius 3 is 2.62 bits per heavy atom. The van der Waals surface area contributed by atoms with Crippen LogP contribution >= 0.6 is 11.6 Å². The van der Waals surface area contributed by atoms with Gasteiger partial charge in [0.05, 0.1) is 10.7 Å². The quantitative estimate of drug-likeness (QED) is 0.914. The third-order valence-corrected chi connectivity index (χ3v) is 4.25. The first kappa shape index (κ1) is 16.5. The predicted octanol–water partition coefficient (Wildman–Crippen LogP) is 3.85. The number of nitrogens with zero attached hydrogens (tertiary/aromatic N) is 1. The third-order valence-electron chi connectivity index (χ3n) is 3.96. The zero-order chi connectivity index (χ0) is 17.1. The Bertz CT molecular complexity index is 777. The summed E-state index contributed by atoms with van der Waals surface area (Å²) in [6.07, 6.45) is 1.50. The lowest BCUT2D eigenvalue weighted by molar-refractivity contribution is -0.128. The van der Waals surface area contributed by atoms with Crippen LogP contribution in [0.25, 0.3) is 0 Å². The van der Waals surface area contributed by atoms with E-state index >= 15 is 0 Å². The van der Waals surface area contributed by atoms with E-state index in [1.54, 1.807) is 35.2 Å². The SMILES string of the molecule is O=C(Nc1cccc(Cl)c1F)c1ccc(CN2CCCC2=O)cc1. The minimum absolute atomic E-state index is 0.0410. The molecule has 1 aliphatic heterocycles. The van der Waals surface area contributed by atoms with Crippen LogP contribution in [0.5, 0.6) is 0 Å². The van der Waals surface area contributed by atoms with Gasteiger partial charge in [-0.25, -0.2) is 4.39 Å². The van der Waals surface area contributed by atoms with Crippen molar-refractivity contribution in [3.63, 3.8) is 0 Å². The summed E-state index contributed by atoms with van der Waals surface area (Å²) in [7, 11) is 0. The summed E-state index contributed by atoms with van der Waals surface area (Å²) in [5.74, 6) is -0.912. The molecule has 4 nitrogen and oxygen atoms in total. The Morgan fingerprint density at radius 2 is 1.96 bits per heavy atom. The van der Waals surface area contributed by atoms with Crippen molar-refractivity contribution < 1.29 is 14.0 Å². The van der Waals surface area contributed by atoms with E-state index in [1.165, 1.54) is 12.1 Å². The average molecular weight is 347 g/mol. The highest BCUT2D eigenvalue weighted by Crippen LogP contribution is 2.22. The molecule has 0 aliphatic carbocycles. The van der Waals surface area contributed by atoms with E-state index in [0.717, 1.165) is 18.5 Å². The maximum Gasteiger partial charge on any atom is 0.255 e. The van der Waals surface area contributed by atoms with Crippen LogP contribution in [-0.4, -0.2) is 23.3 Å². The Kier molecular flexibility index (Phi) is 4.81. The number of carbonyl (C=O) groups is 2. The molecule has 2 aromatic carbocycles. The average Bonchev–Trinajstić information content (AvgIpc) is 2.97. The standard InChI is InChI=1S/C18H16ClFN2O2/c19-14-3-1-4-15(17(14)20)21-18(24)13-8-6-12(7-9-13)11-22-10-2-5-16(22)23/h1,3-4,6-9H,2,5,10-11H2,(H,21,24). The molecule has 0 aromatic heterocycles. The number of likely N-dealkylation sites (tertiary alicyclic amines) is 1. The number of hydrogen-bond donors (Lipinski definition) is 1. The molecule has 24 heavy (non-hydrogen) atoms. The summed E-state index contributed by atoms with van der Waals surface area (Å²) in [5, 5.41) is 2.46. The minimum Gasteiger partial charge on any atom is -0.338 e. The molecule has 1 N–H and O–H groups in total. The molecule has 2 aromatic rings. The maximum absolute atomic E-state index is 13.8. The molecule has 6 heteroatoms. The summed E-state index contributed by atoms with van der Waals surface area (Å²) in [6.45, 7) is 1.32. The van der Waals surface area contributed by atoms with Crippen molar-refractivity contribution in [3.8, 4) is 0 Å². The largest absolute Gasteiger partial charge is 0.338 e. The van der Waals surface area contributed by atoms with E-state index in [1.807, 2.05) is 0 Å². The van der Waals surface area contributed by atoms with Gasteiger partial charge in [0.2, 0.25) is 5.91 Å². The minimum atomic E-state index is -0.656. The lowest BCUT2D eigenvalue weighted by Gasteiger charge is -2.15. The smallest absolute Gasteiger partial charge is 0.255 e. The number of hydrogen-bond acceptors (Lipinski definition) is 2. The summed E-state index contributed by atoms with van der Waals surface area (Å²) in [6, 6.07) is 11.4. The first-order valence-corrected chi connectivity index (χ1v) is 8.04. The molecule has 1 saturated heterocycles. The highest BCUT2D eigenvalue weighted by Gasteiger charge is 2.20. The van der Waals surface area contributed by atoms with Crippen molar-refractivity contribution in [2.45, 2.75) is 19.4 Å². The molecule has 3 rings (SSSR count). The number of benzene rings is 2. The van der Waals surface area contributed by atoms with E-state index in [4.69, 9.17) is 11.6 Å². The first-order chi connectivity index (χ1) is 11.5. The molecule has 124 valence electrons. The van der Waals surface area contributed by atoms with Crippen molar-refractivity contribution in [2.75, 3.05) is 11.9 Å². The molecular formula is C18H16ClFN2O2. The van der Waals surface area contributed by atoms with E-state index < -0.39 is 11.7 Å². The highest BCUT2D eigenvalue weighted by atomic mass is 35.5. The fraction of sp³-hybridized carbons (Fsp3) is 0.222. The number of amides is 2. The van der Waals surface area contributed by atoms with Gasteiger partial charge in [-0.05, 0) is 36.2 Å². The first-order valence-electron chi connectivity index (χ1n) is 7.66. The Hall–Kier alpha value is -2.40. The van der Waals surface area contributed by atoms with Gasteiger partial charge < -0.3 is 10.2 Å². The maximum atomic E-state index is 13.8.